The maximum atomic E-state index is 14.3. The molecule has 1 saturated heterocycles. The summed E-state index contributed by atoms with van der Waals surface area (Å²) in [6, 6.07) is 12.6. The molecular weight excluding hydrogens is 497 g/mol. The second-order valence-electron chi connectivity index (χ2n) is 11.6. The highest BCUT2D eigenvalue weighted by molar-refractivity contribution is 6.10. The summed E-state index contributed by atoms with van der Waals surface area (Å²) in [5, 5.41) is 0.826. The molecule has 1 aliphatic heterocycles. The number of nitrogens with zero attached hydrogens (tertiary/aromatic N) is 3. The molecule has 1 saturated carbocycles. The summed E-state index contributed by atoms with van der Waals surface area (Å²) in [6.45, 7) is 8.96. The van der Waals surface area contributed by atoms with Gasteiger partial charge in [-0.3, -0.25) is 4.79 Å². The Balaban J connectivity index is 1.52. The molecule has 1 aromatic heterocycles. The van der Waals surface area contributed by atoms with Crippen LogP contribution < -0.4 is 4.74 Å². The van der Waals surface area contributed by atoms with Gasteiger partial charge in [-0.05, 0) is 58.2 Å². The monoisotopic (exact) mass is 535 g/mol. The van der Waals surface area contributed by atoms with Crippen LogP contribution in [0.15, 0.2) is 42.5 Å². The smallest absolute Gasteiger partial charge is 0.410 e. The average molecular weight is 536 g/mol. The van der Waals surface area contributed by atoms with Gasteiger partial charge in [0.2, 0.25) is 5.88 Å². The number of rotatable bonds is 4. The van der Waals surface area contributed by atoms with Gasteiger partial charge >= 0.3 is 6.09 Å². The van der Waals surface area contributed by atoms with Crippen LogP contribution in [0.25, 0.3) is 10.9 Å². The molecule has 0 N–H and O–H groups in total. The minimum atomic E-state index is -0.577. The van der Waals surface area contributed by atoms with E-state index in [4.69, 9.17) is 9.47 Å². The highest BCUT2D eigenvalue weighted by atomic mass is 19.1. The minimum absolute atomic E-state index is 0.145. The Labute approximate surface area is 229 Å². The second-order valence-corrected chi connectivity index (χ2v) is 11.6. The third-order valence-corrected chi connectivity index (χ3v) is 7.59. The zero-order chi connectivity index (χ0) is 27.7. The van der Waals surface area contributed by atoms with Gasteiger partial charge in [0.05, 0.1) is 5.52 Å². The number of carbonyl (C=O) groups is 2. The molecule has 1 aliphatic carbocycles. The lowest BCUT2D eigenvalue weighted by molar-refractivity contribution is 0.0140. The normalized spacial score (nSPS) is 16.9. The summed E-state index contributed by atoms with van der Waals surface area (Å²) in [5.74, 6) is 0.339. The number of ether oxygens (including phenoxy) is 2. The van der Waals surface area contributed by atoms with E-state index >= 15 is 0 Å². The largest absolute Gasteiger partial charge is 0.444 e. The number of hydrogen-bond acceptors (Lipinski definition) is 4. The van der Waals surface area contributed by atoms with Crippen LogP contribution in [0.1, 0.15) is 74.8 Å². The molecule has 3 aromatic rings. The van der Waals surface area contributed by atoms with Crippen molar-refractivity contribution in [2.24, 2.45) is 0 Å². The Morgan fingerprint density at radius 2 is 1.59 bits per heavy atom. The first kappa shape index (κ1) is 27.0. The topological polar surface area (TPSA) is 64.0 Å². The highest BCUT2D eigenvalue weighted by Crippen LogP contribution is 2.43. The molecule has 2 fully saturated rings. The van der Waals surface area contributed by atoms with Crippen LogP contribution in [-0.4, -0.2) is 58.1 Å². The lowest BCUT2D eigenvalue weighted by atomic mass is 9.95. The van der Waals surface area contributed by atoms with Gasteiger partial charge in [-0.15, -0.1) is 0 Å². The van der Waals surface area contributed by atoms with Crippen molar-refractivity contribution in [3.05, 3.63) is 59.4 Å². The fraction of sp³-hybridized carbons (Fsp3) is 0.484. The Morgan fingerprint density at radius 3 is 2.28 bits per heavy atom. The number of hydrogen-bond donors (Lipinski definition) is 0. The lowest BCUT2D eigenvalue weighted by Crippen LogP contribution is -2.51. The van der Waals surface area contributed by atoms with Crippen LogP contribution in [0.5, 0.6) is 11.6 Å². The number of piperazine rings is 1. The number of halogens is 1. The van der Waals surface area contributed by atoms with E-state index < -0.39 is 5.60 Å². The maximum Gasteiger partial charge on any atom is 0.410 e. The number of fused-ring (bicyclic) bond motifs is 1. The van der Waals surface area contributed by atoms with Crippen molar-refractivity contribution in [1.82, 2.24) is 14.4 Å². The third-order valence-electron chi connectivity index (χ3n) is 7.59. The fourth-order valence-electron chi connectivity index (χ4n) is 5.61. The van der Waals surface area contributed by atoms with Crippen molar-refractivity contribution in [1.29, 1.82) is 0 Å². The summed E-state index contributed by atoms with van der Waals surface area (Å²) in [6.07, 6.45) is 5.06. The molecule has 2 amide bonds. The summed E-state index contributed by atoms with van der Waals surface area (Å²) in [4.78, 5) is 30.2. The first-order chi connectivity index (χ1) is 18.6. The summed E-state index contributed by atoms with van der Waals surface area (Å²) < 4.78 is 28.5. The van der Waals surface area contributed by atoms with Gasteiger partial charge < -0.3 is 23.8 Å². The number of carbonyl (C=O) groups excluding carboxylic acids is 2. The fourth-order valence-corrected chi connectivity index (χ4v) is 5.61. The van der Waals surface area contributed by atoms with Gasteiger partial charge in [0.1, 0.15) is 22.7 Å². The molecule has 0 radical (unpaired) electrons. The summed E-state index contributed by atoms with van der Waals surface area (Å²) in [7, 11) is 0. The van der Waals surface area contributed by atoms with E-state index in [1.807, 2.05) is 52.0 Å². The van der Waals surface area contributed by atoms with Crippen molar-refractivity contribution in [3.8, 4) is 11.6 Å². The highest BCUT2D eigenvalue weighted by Gasteiger charge is 2.34. The standard InChI is InChI=1S/C31H38FN3O4/c1-21-14-15-22(32)20-26(21)38-29-27(24-12-8-9-13-25(24)35(29)23-10-6-5-7-11-23)28(36)33-16-18-34(19-17-33)30(37)39-31(2,3)4/h8-9,12-15,20,23H,5-7,10-11,16-19H2,1-4H3. The predicted octanol–water partition coefficient (Wildman–Crippen LogP) is 7.08. The summed E-state index contributed by atoms with van der Waals surface area (Å²) >= 11 is 0. The van der Waals surface area contributed by atoms with Crippen LogP contribution in [-0.2, 0) is 4.74 Å². The van der Waals surface area contributed by atoms with E-state index in [9.17, 15) is 14.0 Å². The molecule has 208 valence electrons. The molecule has 0 unspecified atom stereocenters. The van der Waals surface area contributed by atoms with Crippen molar-refractivity contribution in [2.75, 3.05) is 26.2 Å². The van der Waals surface area contributed by atoms with Gasteiger partial charge in [0.15, 0.2) is 0 Å². The Hall–Kier alpha value is -3.55. The molecule has 0 spiro atoms. The quantitative estimate of drug-likeness (QED) is 0.358. The first-order valence-electron chi connectivity index (χ1n) is 14.0. The maximum absolute atomic E-state index is 14.3. The van der Waals surface area contributed by atoms with Crippen LogP contribution in [0.3, 0.4) is 0 Å². The molecule has 8 heteroatoms. The number of aryl methyl sites for hydroxylation is 1. The van der Waals surface area contributed by atoms with Crippen molar-refractivity contribution < 1.29 is 23.5 Å². The summed E-state index contributed by atoms with van der Waals surface area (Å²) in [5.41, 5.74) is 1.66. The molecule has 2 heterocycles. The van der Waals surface area contributed by atoms with Gasteiger partial charge in [-0.1, -0.05) is 43.5 Å². The predicted molar refractivity (Wildman–Crippen MR) is 149 cm³/mol. The van der Waals surface area contributed by atoms with E-state index in [2.05, 4.69) is 4.57 Å². The average Bonchev–Trinajstić information content (AvgIpc) is 3.23. The van der Waals surface area contributed by atoms with Crippen LogP contribution in [0.4, 0.5) is 9.18 Å². The zero-order valence-electron chi connectivity index (χ0n) is 23.3. The first-order valence-corrected chi connectivity index (χ1v) is 14.0. The third kappa shape index (κ3) is 5.75. The Kier molecular flexibility index (Phi) is 7.56. The SMILES string of the molecule is Cc1ccc(F)cc1Oc1c(C(=O)N2CCN(C(=O)OC(C)(C)C)CC2)c2ccccc2n1C1CCCCC1. The molecule has 39 heavy (non-hydrogen) atoms. The van der Waals surface area contributed by atoms with Crippen LogP contribution in [0.2, 0.25) is 0 Å². The van der Waals surface area contributed by atoms with E-state index in [0.717, 1.165) is 42.1 Å². The number of amides is 2. The molecule has 2 aliphatic rings. The van der Waals surface area contributed by atoms with E-state index in [1.54, 1.807) is 15.9 Å². The Bertz CT molecular complexity index is 1360. The van der Waals surface area contributed by atoms with Gasteiger partial charge in [-0.25, -0.2) is 9.18 Å². The van der Waals surface area contributed by atoms with Crippen LogP contribution >= 0.6 is 0 Å². The second kappa shape index (κ2) is 10.9. The minimum Gasteiger partial charge on any atom is -0.444 e. The molecule has 5 rings (SSSR count). The Morgan fingerprint density at radius 1 is 0.923 bits per heavy atom. The van der Waals surface area contributed by atoms with E-state index in [-0.39, 0.29) is 23.9 Å². The zero-order valence-corrected chi connectivity index (χ0v) is 23.3. The molecule has 2 aromatic carbocycles. The van der Waals surface area contributed by atoms with E-state index in [0.29, 0.717) is 43.4 Å². The van der Waals surface area contributed by atoms with Crippen molar-refractivity contribution in [2.45, 2.75) is 71.4 Å². The van der Waals surface area contributed by atoms with Gasteiger partial charge in [0.25, 0.3) is 5.91 Å². The molecule has 0 bridgehead atoms. The van der Waals surface area contributed by atoms with Gasteiger partial charge in [0, 0.05) is 43.7 Å². The van der Waals surface area contributed by atoms with Gasteiger partial charge in [-0.2, -0.15) is 0 Å². The molecule has 7 nitrogen and oxygen atoms in total. The number of para-hydroxylation sites is 1. The van der Waals surface area contributed by atoms with Crippen LogP contribution in [0, 0.1) is 12.7 Å². The lowest BCUT2D eigenvalue weighted by Gasteiger charge is -2.35. The molecular formula is C31H38FN3O4. The van der Waals surface area contributed by atoms with Crippen molar-refractivity contribution in [3.63, 3.8) is 0 Å². The number of benzene rings is 2. The van der Waals surface area contributed by atoms with E-state index in [1.165, 1.54) is 18.6 Å². The molecule has 0 atom stereocenters. The van der Waals surface area contributed by atoms with Crippen molar-refractivity contribution >= 4 is 22.9 Å². The number of aromatic nitrogens is 1.